The summed E-state index contributed by atoms with van der Waals surface area (Å²) in [5, 5.41) is 4.62. The fraction of sp³-hybridized carbons (Fsp3) is 0.105. The number of benzene rings is 2. The van der Waals surface area contributed by atoms with Crippen molar-refractivity contribution in [3.05, 3.63) is 87.0 Å². The molecule has 0 fully saturated rings. The van der Waals surface area contributed by atoms with Crippen LogP contribution in [0.3, 0.4) is 0 Å². The summed E-state index contributed by atoms with van der Waals surface area (Å²) < 4.78 is 14.9. The lowest BCUT2D eigenvalue weighted by molar-refractivity contribution is 0.0983. The lowest BCUT2D eigenvalue weighted by Gasteiger charge is -2.17. The Balaban J connectivity index is 1.75. The number of fused-ring (bicyclic) bond motifs is 1. The third kappa shape index (κ3) is 2.78. The molecule has 1 aliphatic heterocycles. The number of para-hydroxylation sites is 1. The van der Waals surface area contributed by atoms with Gasteiger partial charge in [-0.05, 0) is 42.3 Å². The van der Waals surface area contributed by atoms with Gasteiger partial charge in [-0.2, -0.15) is 9.78 Å². The number of aromatic nitrogens is 2. The molecule has 5 nitrogen and oxygen atoms in total. The second kappa shape index (κ2) is 6.38. The van der Waals surface area contributed by atoms with Crippen molar-refractivity contribution in [2.45, 2.75) is 6.42 Å². The SMILES string of the molecule is O=C(c1ccc(=O)n(-c2ccccc2F)n1)N1CCc2ccc(Cl)cc21. The summed E-state index contributed by atoms with van der Waals surface area (Å²) in [5.74, 6) is -0.957. The molecule has 0 saturated heterocycles. The lowest BCUT2D eigenvalue weighted by Crippen LogP contribution is -2.32. The third-order valence-electron chi connectivity index (χ3n) is 4.29. The third-order valence-corrected chi connectivity index (χ3v) is 4.52. The maximum atomic E-state index is 14.0. The van der Waals surface area contributed by atoms with Gasteiger partial charge < -0.3 is 4.90 Å². The Morgan fingerprint density at radius 1 is 1.08 bits per heavy atom. The van der Waals surface area contributed by atoms with Crippen LogP contribution in [0.2, 0.25) is 5.02 Å². The zero-order valence-corrected chi connectivity index (χ0v) is 14.3. The van der Waals surface area contributed by atoms with Crippen molar-refractivity contribution in [3.8, 4) is 5.69 Å². The highest BCUT2D eigenvalue weighted by Crippen LogP contribution is 2.31. The molecule has 3 aromatic rings. The first-order chi connectivity index (χ1) is 12.5. The van der Waals surface area contributed by atoms with Crippen molar-refractivity contribution in [2.24, 2.45) is 0 Å². The number of hydrogen-bond donors (Lipinski definition) is 0. The fourth-order valence-electron chi connectivity index (χ4n) is 3.02. The lowest BCUT2D eigenvalue weighted by atomic mass is 10.2. The average molecular weight is 370 g/mol. The van der Waals surface area contributed by atoms with Gasteiger partial charge in [-0.15, -0.1) is 0 Å². The van der Waals surface area contributed by atoms with Gasteiger partial charge in [0, 0.05) is 23.3 Å². The second-order valence-corrected chi connectivity index (χ2v) is 6.34. The van der Waals surface area contributed by atoms with Crippen LogP contribution in [0, 0.1) is 5.82 Å². The van der Waals surface area contributed by atoms with E-state index in [0.29, 0.717) is 18.0 Å². The molecular weight excluding hydrogens is 357 g/mol. The number of anilines is 1. The summed E-state index contributed by atoms with van der Waals surface area (Å²) in [4.78, 5) is 26.6. The molecule has 2 heterocycles. The van der Waals surface area contributed by atoms with E-state index in [1.807, 2.05) is 6.07 Å². The summed E-state index contributed by atoms with van der Waals surface area (Å²) in [6, 6.07) is 13.7. The van der Waals surface area contributed by atoms with Gasteiger partial charge in [0.1, 0.15) is 17.2 Å². The normalized spacial score (nSPS) is 12.9. The molecule has 1 aliphatic rings. The standard InChI is InChI=1S/C19H13ClFN3O2/c20-13-6-5-12-9-10-23(17(12)11-13)19(26)15-7-8-18(25)24(22-15)16-4-2-1-3-14(16)21/h1-8,11H,9-10H2. The minimum Gasteiger partial charge on any atom is -0.306 e. The van der Waals surface area contributed by atoms with Crippen LogP contribution in [-0.4, -0.2) is 22.2 Å². The molecule has 0 spiro atoms. The highest BCUT2D eigenvalue weighted by molar-refractivity contribution is 6.31. The molecule has 0 bridgehead atoms. The Kier molecular flexibility index (Phi) is 4.05. The predicted octanol–water partition coefficient (Wildman–Crippen LogP) is 3.23. The van der Waals surface area contributed by atoms with Crippen LogP contribution < -0.4 is 10.5 Å². The van der Waals surface area contributed by atoms with Gasteiger partial charge in [-0.1, -0.05) is 29.8 Å². The summed E-state index contributed by atoms with van der Waals surface area (Å²) in [5.41, 5.74) is 1.28. The highest BCUT2D eigenvalue weighted by Gasteiger charge is 2.27. The number of halogens is 2. The van der Waals surface area contributed by atoms with Crippen molar-refractivity contribution in [2.75, 3.05) is 11.4 Å². The molecule has 7 heteroatoms. The maximum absolute atomic E-state index is 14.0. The first kappa shape index (κ1) is 16.5. The molecule has 0 N–H and O–H groups in total. The van der Waals surface area contributed by atoms with E-state index in [1.54, 1.807) is 23.1 Å². The minimum atomic E-state index is -0.593. The summed E-state index contributed by atoms with van der Waals surface area (Å²) >= 11 is 6.04. The summed E-state index contributed by atoms with van der Waals surface area (Å²) in [6.45, 7) is 0.495. The molecule has 26 heavy (non-hydrogen) atoms. The predicted molar refractivity (Wildman–Crippen MR) is 96.6 cm³/mol. The largest absolute Gasteiger partial charge is 0.306 e. The van der Waals surface area contributed by atoms with Gasteiger partial charge in [0.2, 0.25) is 0 Å². The van der Waals surface area contributed by atoms with Gasteiger partial charge in [0.25, 0.3) is 11.5 Å². The molecule has 0 unspecified atom stereocenters. The molecule has 2 aromatic carbocycles. The minimum absolute atomic E-state index is 0.00276. The Morgan fingerprint density at radius 2 is 1.88 bits per heavy atom. The van der Waals surface area contributed by atoms with Gasteiger partial charge in [-0.3, -0.25) is 9.59 Å². The van der Waals surface area contributed by atoms with Gasteiger partial charge in [0.15, 0.2) is 0 Å². The van der Waals surface area contributed by atoms with Crippen molar-refractivity contribution in [3.63, 3.8) is 0 Å². The number of carbonyl (C=O) groups is 1. The first-order valence-corrected chi connectivity index (χ1v) is 8.38. The maximum Gasteiger partial charge on any atom is 0.278 e. The molecule has 0 saturated carbocycles. The molecule has 1 aromatic heterocycles. The highest BCUT2D eigenvalue weighted by atomic mass is 35.5. The zero-order chi connectivity index (χ0) is 18.3. The van der Waals surface area contributed by atoms with Crippen LogP contribution >= 0.6 is 11.6 Å². The van der Waals surface area contributed by atoms with E-state index in [2.05, 4.69) is 5.10 Å². The van der Waals surface area contributed by atoms with Gasteiger partial charge in [-0.25, -0.2) is 4.39 Å². The molecule has 0 atom stereocenters. The van der Waals surface area contributed by atoms with E-state index >= 15 is 0 Å². The number of rotatable bonds is 2. The van der Waals surface area contributed by atoms with E-state index in [-0.39, 0.29) is 17.3 Å². The van der Waals surface area contributed by atoms with E-state index in [1.165, 1.54) is 30.3 Å². The number of amides is 1. The van der Waals surface area contributed by atoms with E-state index in [0.717, 1.165) is 15.9 Å². The molecule has 4 rings (SSSR count). The number of hydrogen-bond acceptors (Lipinski definition) is 3. The molecule has 0 aliphatic carbocycles. The van der Waals surface area contributed by atoms with Crippen molar-refractivity contribution in [1.29, 1.82) is 0 Å². The smallest absolute Gasteiger partial charge is 0.278 e. The molecule has 130 valence electrons. The van der Waals surface area contributed by atoms with Crippen LogP contribution in [0.5, 0.6) is 0 Å². The quantitative estimate of drug-likeness (QED) is 0.697. The van der Waals surface area contributed by atoms with Crippen LogP contribution in [0.25, 0.3) is 5.69 Å². The van der Waals surface area contributed by atoms with E-state index in [4.69, 9.17) is 11.6 Å². The molecule has 1 amide bonds. The van der Waals surface area contributed by atoms with Gasteiger partial charge in [0.05, 0.1) is 0 Å². The molecular formula is C19H13ClFN3O2. The summed E-state index contributed by atoms with van der Waals surface area (Å²) in [7, 11) is 0. The summed E-state index contributed by atoms with van der Waals surface area (Å²) in [6.07, 6.45) is 0.713. The van der Waals surface area contributed by atoms with Gasteiger partial charge >= 0.3 is 0 Å². The Morgan fingerprint density at radius 3 is 2.69 bits per heavy atom. The number of nitrogens with zero attached hydrogens (tertiary/aromatic N) is 3. The topological polar surface area (TPSA) is 55.2 Å². The Labute approximate surface area is 153 Å². The van der Waals surface area contributed by atoms with Crippen molar-refractivity contribution < 1.29 is 9.18 Å². The average Bonchev–Trinajstić information content (AvgIpc) is 3.05. The second-order valence-electron chi connectivity index (χ2n) is 5.90. The van der Waals surface area contributed by atoms with E-state index < -0.39 is 11.4 Å². The van der Waals surface area contributed by atoms with Crippen LogP contribution in [-0.2, 0) is 6.42 Å². The van der Waals surface area contributed by atoms with Crippen LogP contribution in [0.4, 0.5) is 10.1 Å². The van der Waals surface area contributed by atoms with E-state index in [9.17, 15) is 14.0 Å². The van der Waals surface area contributed by atoms with Crippen molar-refractivity contribution in [1.82, 2.24) is 9.78 Å². The zero-order valence-electron chi connectivity index (χ0n) is 13.5. The first-order valence-electron chi connectivity index (χ1n) is 8.00. The number of carbonyl (C=O) groups excluding carboxylic acids is 1. The Bertz CT molecular complexity index is 1080. The Hall–Kier alpha value is -2.99. The molecule has 0 radical (unpaired) electrons. The van der Waals surface area contributed by atoms with Crippen molar-refractivity contribution >= 4 is 23.2 Å². The fourth-order valence-corrected chi connectivity index (χ4v) is 3.19. The van der Waals surface area contributed by atoms with Crippen LogP contribution in [0.1, 0.15) is 16.1 Å². The van der Waals surface area contributed by atoms with Crippen LogP contribution in [0.15, 0.2) is 59.4 Å². The monoisotopic (exact) mass is 369 g/mol.